The predicted molar refractivity (Wildman–Crippen MR) is 61.2 cm³/mol. The van der Waals surface area contributed by atoms with Gasteiger partial charge in [-0.25, -0.2) is 0 Å². The summed E-state index contributed by atoms with van der Waals surface area (Å²) in [7, 11) is 1.59. The molecule has 0 bridgehead atoms. The van der Waals surface area contributed by atoms with Gasteiger partial charge in [0.25, 0.3) is 0 Å². The van der Waals surface area contributed by atoms with Gasteiger partial charge in [0, 0.05) is 5.56 Å². The lowest BCUT2D eigenvalue weighted by atomic mass is 10.1. The normalized spacial score (nSPS) is 9.94. The van der Waals surface area contributed by atoms with Crippen molar-refractivity contribution in [1.82, 2.24) is 0 Å². The summed E-state index contributed by atoms with van der Waals surface area (Å²) >= 11 is 0. The predicted octanol–water partition coefficient (Wildman–Crippen LogP) is 1.26. The number of methoxy groups -OCH3 is 1. The van der Waals surface area contributed by atoms with Crippen LogP contribution in [0, 0.1) is 0 Å². The van der Waals surface area contributed by atoms with Crippen molar-refractivity contribution in [1.29, 1.82) is 0 Å². The van der Waals surface area contributed by atoms with Crippen molar-refractivity contribution in [2.75, 3.05) is 13.7 Å². The maximum Gasteiger partial charge on any atom is 0.320 e. The zero-order valence-electron chi connectivity index (χ0n) is 9.66. The molecule has 4 heteroatoms. The topological polar surface area (TPSA) is 61.5 Å². The number of nitrogens with two attached hydrogens (primary N) is 1. The van der Waals surface area contributed by atoms with Crippen molar-refractivity contribution in [3.8, 4) is 5.75 Å². The van der Waals surface area contributed by atoms with E-state index in [2.05, 4.69) is 6.92 Å². The second-order valence-electron chi connectivity index (χ2n) is 3.36. The van der Waals surface area contributed by atoms with Gasteiger partial charge in [0.05, 0.1) is 13.7 Å². The van der Waals surface area contributed by atoms with Crippen molar-refractivity contribution in [2.45, 2.75) is 20.0 Å². The van der Waals surface area contributed by atoms with E-state index < -0.39 is 5.97 Å². The maximum atomic E-state index is 11.0. The lowest BCUT2D eigenvalue weighted by Crippen LogP contribution is -2.16. The highest BCUT2D eigenvalue weighted by Gasteiger charge is 2.06. The van der Waals surface area contributed by atoms with E-state index in [1.807, 2.05) is 18.2 Å². The van der Waals surface area contributed by atoms with Crippen molar-refractivity contribution < 1.29 is 14.3 Å². The first-order chi connectivity index (χ1) is 7.71. The molecule has 0 heterocycles. The average Bonchev–Trinajstić information content (AvgIpc) is 2.35. The Kier molecular flexibility index (Phi) is 4.79. The van der Waals surface area contributed by atoms with Crippen LogP contribution in [0.4, 0.5) is 0 Å². The van der Waals surface area contributed by atoms with Crippen LogP contribution in [0.3, 0.4) is 0 Å². The van der Waals surface area contributed by atoms with Gasteiger partial charge in [-0.05, 0) is 24.1 Å². The molecular formula is C12H17NO3. The second kappa shape index (κ2) is 6.12. The summed E-state index contributed by atoms with van der Waals surface area (Å²) in [6.07, 6.45) is 0.932. The van der Waals surface area contributed by atoms with E-state index in [1.165, 1.54) is 5.56 Å². The highest BCUT2D eigenvalue weighted by Crippen LogP contribution is 2.21. The van der Waals surface area contributed by atoms with Gasteiger partial charge in [-0.3, -0.25) is 4.79 Å². The van der Waals surface area contributed by atoms with Crippen LogP contribution in [0.15, 0.2) is 18.2 Å². The molecule has 2 N–H and O–H groups in total. The minimum atomic E-state index is -0.413. The molecule has 0 aliphatic heterocycles. The van der Waals surface area contributed by atoms with E-state index in [1.54, 1.807) is 7.11 Å². The number of hydrogen-bond donors (Lipinski definition) is 1. The molecule has 0 radical (unpaired) electrons. The molecule has 16 heavy (non-hydrogen) atoms. The summed E-state index contributed by atoms with van der Waals surface area (Å²) in [6, 6.07) is 5.85. The lowest BCUT2D eigenvalue weighted by Gasteiger charge is -2.10. The summed E-state index contributed by atoms with van der Waals surface area (Å²) in [5.74, 6) is 0.311. The van der Waals surface area contributed by atoms with Gasteiger partial charge < -0.3 is 15.2 Å². The number of esters is 1. The molecule has 0 aliphatic rings. The number of carbonyl (C=O) groups excluding carboxylic acids is 1. The Morgan fingerprint density at radius 2 is 2.19 bits per heavy atom. The van der Waals surface area contributed by atoms with E-state index in [9.17, 15) is 4.79 Å². The Bertz CT molecular complexity index is 363. The van der Waals surface area contributed by atoms with Crippen LogP contribution in [-0.4, -0.2) is 19.6 Å². The molecule has 0 unspecified atom stereocenters. The number of rotatable bonds is 5. The van der Waals surface area contributed by atoms with Crippen LogP contribution in [0.1, 0.15) is 18.1 Å². The molecule has 0 aliphatic carbocycles. The summed E-state index contributed by atoms with van der Waals surface area (Å²) in [5.41, 5.74) is 7.20. The largest absolute Gasteiger partial charge is 0.496 e. The van der Waals surface area contributed by atoms with Crippen LogP contribution >= 0.6 is 0 Å². The minimum Gasteiger partial charge on any atom is -0.496 e. The number of ether oxygens (including phenoxy) is 2. The van der Waals surface area contributed by atoms with Gasteiger partial charge in [-0.1, -0.05) is 13.0 Å². The Labute approximate surface area is 95.3 Å². The monoisotopic (exact) mass is 223 g/mol. The van der Waals surface area contributed by atoms with E-state index in [4.69, 9.17) is 15.2 Å². The molecular weight excluding hydrogens is 206 g/mol. The fourth-order valence-corrected chi connectivity index (χ4v) is 1.38. The van der Waals surface area contributed by atoms with Gasteiger partial charge in [-0.15, -0.1) is 0 Å². The first kappa shape index (κ1) is 12.5. The molecule has 0 aromatic heterocycles. The third-order valence-corrected chi connectivity index (χ3v) is 2.31. The van der Waals surface area contributed by atoms with Gasteiger partial charge in [-0.2, -0.15) is 0 Å². The quantitative estimate of drug-likeness (QED) is 0.763. The Morgan fingerprint density at radius 3 is 2.75 bits per heavy atom. The molecule has 4 nitrogen and oxygen atoms in total. The molecule has 0 saturated carbocycles. The van der Waals surface area contributed by atoms with Crippen molar-refractivity contribution in [2.24, 2.45) is 5.73 Å². The van der Waals surface area contributed by atoms with Crippen molar-refractivity contribution in [3.05, 3.63) is 29.3 Å². The molecule has 1 aromatic rings. The average molecular weight is 223 g/mol. The summed E-state index contributed by atoms with van der Waals surface area (Å²) < 4.78 is 10.2. The molecule has 0 atom stereocenters. The zero-order chi connectivity index (χ0) is 12.0. The lowest BCUT2D eigenvalue weighted by molar-refractivity contribution is -0.143. The van der Waals surface area contributed by atoms with Crippen LogP contribution in [-0.2, 0) is 22.6 Å². The molecule has 88 valence electrons. The van der Waals surface area contributed by atoms with E-state index in [0.717, 1.165) is 17.7 Å². The fraction of sp³-hybridized carbons (Fsp3) is 0.417. The molecule has 1 rings (SSSR count). The second-order valence-corrected chi connectivity index (χ2v) is 3.36. The maximum absolute atomic E-state index is 11.0. The van der Waals surface area contributed by atoms with E-state index in [0.29, 0.717) is 0 Å². The zero-order valence-corrected chi connectivity index (χ0v) is 9.66. The summed E-state index contributed by atoms with van der Waals surface area (Å²) in [4.78, 5) is 11.0. The number of benzene rings is 1. The van der Waals surface area contributed by atoms with Crippen molar-refractivity contribution in [3.63, 3.8) is 0 Å². The van der Waals surface area contributed by atoms with Gasteiger partial charge in [0.2, 0.25) is 0 Å². The summed E-state index contributed by atoms with van der Waals surface area (Å²) in [5, 5.41) is 0. The van der Waals surface area contributed by atoms with Crippen LogP contribution in [0.25, 0.3) is 0 Å². The van der Waals surface area contributed by atoms with Crippen LogP contribution < -0.4 is 10.5 Å². The number of carbonyl (C=O) groups is 1. The van der Waals surface area contributed by atoms with Gasteiger partial charge >= 0.3 is 5.97 Å². The molecule has 1 aromatic carbocycles. The Hall–Kier alpha value is -1.55. The van der Waals surface area contributed by atoms with E-state index >= 15 is 0 Å². The number of hydrogen-bond acceptors (Lipinski definition) is 4. The first-order valence-electron chi connectivity index (χ1n) is 5.22. The highest BCUT2D eigenvalue weighted by atomic mass is 16.5. The fourth-order valence-electron chi connectivity index (χ4n) is 1.38. The van der Waals surface area contributed by atoms with Crippen LogP contribution in [0.5, 0.6) is 5.75 Å². The van der Waals surface area contributed by atoms with Crippen LogP contribution in [0.2, 0.25) is 0 Å². The van der Waals surface area contributed by atoms with Crippen molar-refractivity contribution >= 4 is 5.97 Å². The highest BCUT2D eigenvalue weighted by molar-refractivity contribution is 5.71. The smallest absolute Gasteiger partial charge is 0.320 e. The Morgan fingerprint density at radius 1 is 1.44 bits per heavy atom. The van der Waals surface area contributed by atoms with Gasteiger partial charge in [0.15, 0.2) is 0 Å². The molecule has 0 amide bonds. The number of aryl methyl sites for hydroxylation is 1. The molecule has 0 fully saturated rings. The molecule has 0 spiro atoms. The third kappa shape index (κ3) is 3.24. The SMILES string of the molecule is CCc1ccc(OC)c(COC(=O)CN)c1. The van der Waals surface area contributed by atoms with E-state index in [-0.39, 0.29) is 13.2 Å². The summed E-state index contributed by atoms with van der Waals surface area (Å²) in [6.45, 7) is 2.17. The van der Waals surface area contributed by atoms with Gasteiger partial charge in [0.1, 0.15) is 12.4 Å². The third-order valence-electron chi connectivity index (χ3n) is 2.31. The molecule has 0 saturated heterocycles. The Balaban J connectivity index is 2.78. The minimum absolute atomic E-state index is 0.101. The first-order valence-corrected chi connectivity index (χ1v) is 5.22. The standard InChI is InChI=1S/C12H17NO3/c1-3-9-4-5-11(15-2)10(6-9)8-16-12(14)7-13/h4-6H,3,7-8,13H2,1-2H3.